The zero-order chi connectivity index (χ0) is 15.5. The van der Waals surface area contributed by atoms with Crippen molar-refractivity contribution < 1.29 is 14.3 Å². The van der Waals surface area contributed by atoms with E-state index >= 15 is 0 Å². The average molecular weight is 300 g/mol. The Bertz CT molecular complexity index is 285. The Balaban J connectivity index is 2.10. The third-order valence-electron chi connectivity index (χ3n) is 3.70. The van der Waals surface area contributed by atoms with Gasteiger partial charge in [-0.25, -0.2) is 0 Å². The first kappa shape index (κ1) is 18.4. The number of nitrogens with one attached hydrogen (secondary N) is 1. The lowest BCUT2D eigenvalue weighted by atomic mass is 10.2. The summed E-state index contributed by atoms with van der Waals surface area (Å²) in [6, 6.07) is 0. The molecule has 0 radical (unpaired) electrons. The van der Waals surface area contributed by atoms with Gasteiger partial charge < -0.3 is 14.8 Å². The Morgan fingerprint density at radius 1 is 1.38 bits per heavy atom. The summed E-state index contributed by atoms with van der Waals surface area (Å²) in [5.41, 5.74) is 0. The standard InChI is InChI=1S/C16H32N2O3/c1-4-5-6-9-20-10-7-18-8-11-21-15(13-18)12-17-16(19)14(2)3/h14-15H,4-13H2,1-3H3,(H,17,19)/t15-/m0/s1. The summed E-state index contributed by atoms with van der Waals surface area (Å²) in [6.07, 6.45) is 3.73. The lowest BCUT2D eigenvalue weighted by Gasteiger charge is -2.33. The minimum atomic E-state index is 0.0289. The van der Waals surface area contributed by atoms with E-state index in [9.17, 15) is 4.79 Å². The van der Waals surface area contributed by atoms with Gasteiger partial charge in [0.1, 0.15) is 0 Å². The molecule has 0 bridgehead atoms. The smallest absolute Gasteiger partial charge is 0.222 e. The predicted molar refractivity (Wildman–Crippen MR) is 84.4 cm³/mol. The highest BCUT2D eigenvalue weighted by molar-refractivity contribution is 5.77. The molecule has 0 unspecified atom stereocenters. The fourth-order valence-corrected chi connectivity index (χ4v) is 2.28. The van der Waals surface area contributed by atoms with Gasteiger partial charge in [0.25, 0.3) is 0 Å². The van der Waals surface area contributed by atoms with E-state index in [1.54, 1.807) is 0 Å². The van der Waals surface area contributed by atoms with Gasteiger partial charge in [-0.2, -0.15) is 0 Å². The van der Waals surface area contributed by atoms with E-state index in [1.807, 2.05) is 13.8 Å². The fraction of sp³-hybridized carbons (Fsp3) is 0.938. The van der Waals surface area contributed by atoms with Crippen molar-refractivity contribution in [2.75, 3.05) is 46.0 Å². The van der Waals surface area contributed by atoms with E-state index < -0.39 is 0 Å². The predicted octanol–water partition coefficient (Wildman–Crippen LogP) is 1.67. The maximum Gasteiger partial charge on any atom is 0.222 e. The van der Waals surface area contributed by atoms with Crippen LogP contribution in [0.2, 0.25) is 0 Å². The van der Waals surface area contributed by atoms with Crippen LogP contribution in [0.1, 0.15) is 40.0 Å². The van der Waals surface area contributed by atoms with Crippen LogP contribution in [0.25, 0.3) is 0 Å². The molecule has 0 aliphatic carbocycles. The number of ether oxygens (including phenoxy) is 2. The molecule has 0 saturated carbocycles. The average Bonchev–Trinajstić information content (AvgIpc) is 2.48. The van der Waals surface area contributed by atoms with Crippen LogP contribution < -0.4 is 5.32 Å². The van der Waals surface area contributed by atoms with Crippen LogP contribution in [-0.2, 0) is 14.3 Å². The molecule has 1 aliphatic heterocycles. The summed E-state index contributed by atoms with van der Waals surface area (Å²) < 4.78 is 11.4. The number of morpholine rings is 1. The van der Waals surface area contributed by atoms with Gasteiger partial charge in [-0.1, -0.05) is 33.6 Å². The minimum absolute atomic E-state index is 0.0289. The maximum absolute atomic E-state index is 11.6. The summed E-state index contributed by atoms with van der Waals surface area (Å²) in [7, 11) is 0. The van der Waals surface area contributed by atoms with E-state index in [1.165, 1.54) is 12.8 Å². The Morgan fingerprint density at radius 2 is 2.19 bits per heavy atom. The second-order valence-electron chi connectivity index (χ2n) is 6.01. The summed E-state index contributed by atoms with van der Waals surface area (Å²) >= 11 is 0. The summed E-state index contributed by atoms with van der Waals surface area (Å²) in [5, 5.41) is 2.94. The van der Waals surface area contributed by atoms with E-state index in [-0.39, 0.29) is 17.9 Å². The zero-order valence-electron chi connectivity index (χ0n) is 13.9. The van der Waals surface area contributed by atoms with E-state index in [0.717, 1.165) is 45.9 Å². The molecule has 0 aromatic carbocycles. The van der Waals surface area contributed by atoms with Gasteiger partial charge >= 0.3 is 0 Å². The molecule has 1 N–H and O–H groups in total. The normalized spacial score (nSPS) is 19.9. The molecular formula is C16H32N2O3. The maximum atomic E-state index is 11.6. The van der Waals surface area contributed by atoms with Crippen molar-refractivity contribution in [2.24, 2.45) is 5.92 Å². The lowest BCUT2D eigenvalue weighted by Crippen LogP contribution is -2.48. The SMILES string of the molecule is CCCCCOCCN1CCO[C@@H](CNC(=O)C(C)C)C1. The number of unbranched alkanes of at least 4 members (excludes halogenated alkanes) is 2. The van der Waals surface area contributed by atoms with E-state index in [2.05, 4.69) is 17.1 Å². The van der Waals surface area contributed by atoms with Crippen LogP contribution >= 0.6 is 0 Å². The highest BCUT2D eigenvalue weighted by atomic mass is 16.5. The highest BCUT2D eigenvalue weighted by Crippen LogP contribution is 2.05. The van der Waals surface area contributed by atoms with Crippen molar-refractivity contribution in [2.45, 2.75) is 46.1 Å². The largest absolute Gasteiger partial charge is 0.380 e. The van der Waals surface area contributed by atoms with Crippen molar-refractivity contribution in [3.63, 3.8) is 0 Å². The van der Waals surface area contributed by atoms with Gasteiger partial charge in [0.05, 0.1) is 19.3 Å². The van der Waals surface area contributed by atoms with Gasteiger partial charge in [-0.15, -0.1) is 0 Å². The molecule has 5 nitrogen and oxygen atoms in total. The first-order chi connectivity index (χ1) is 10.1. The van der Waals surface area contributed by atoms with Crippen LogP contribution in [0, 0.1) is 5.92 Å². The number of carbonyl (C=O) groups is 1. The van der Waals surface area contributed by atoms with Crippen LogP contribution in [0.5, 0.6) is 0 Å². The Kier molecular flexibility index (Phi) is 9.63. The molecule has 1 fully saturated rings. The molecule has 124 valence electrons. The summed E-state index contributed by atoms with van der Waals surface area (Å²) in [6.45, 7) is 11.8. The molecule has 21 heavy (non-hydrogen) atoms. The molecular weight excluding hydrogens is 268 g/mol. The van der Waals surface area contributed by atoms with E-state index in [4.69, 9.17) is 9.47 Å². The second kappa shape index (κ2) is 11.0. The van der Waals surface area contributed by atoms with Crippen molar-refractivity contribution in [3.8, 4) is 0 Å². The first-order valence-corrected chi connectivity index (χ1v) is 8.33. The fourth-order valence-electron chi connectivity index (χ4n) is 2.28. The monoisotopic (exact) mass is 300 g/mol. The van der Waals surface area contributed by atoms with Gasteiger partial charge in [-0.3, -0.25) is 9.69 Å². The van der Waals surface area contributed by atoms with Gasteiger partial charge in [0.15, 0.2) is 0 Å². The van der Waals surface area contributed by atoms with Crippen LogP contribution in [-0.4, -0.2) is 62.9 Å². The number of amides is 1. The lowest BCUT2D eigenvalue weighted by molar-refractivity contribution is -0.125. The number of hydrogen-bond donors (Lipinski definition) is 1. The Morgan fingerprint density at radius 3 is 2.90 bits per heavy atom. The van der Waals surface area contributed by atoms with Crippen molar-refractivity contribution in [1.82, 2.24) is 10.2 Å². The first-order valence-electron chi connectivity index (χ1n) is 8.33. The third-order valence-corrected chi connectivity index (χ3v) is 3.70. The number of rotatable bonds is 10. The summed E-state index contributed by atoms with van der Waals surface area (Å²) in [4.78, 5) is 13.9. The molecule has 1 atom stereocenters. The van der Waals surface area contributed by atoms with Gasteiger partial charge in [0.2, 0.25) is 5.91 Å². The number of hydrogen-bond acceptors (Lipinski definition) is 4. The third kappa shape index (κ3) is 8.39. The molecule has 1 saturated heterocycles. The van der Waals surface area contributed by atoms with E-state index in [0.29, 0.717) is 6.54 Å². The molecule has 0 aromatic rings. The number of carbonyl (C=O) groups excluding carboxylic acids is 1. The molecule has 0 aromatic heterocycles. The van der Waals surface area contributed by atoms with Crippen molar-refractivity contribution in [3.05, 3.63) is 0 Å². The minimum Gasteiger partial charge on any atom is -0.380 e. The van der Waals surface area contributed by atoms with Crippen LogP contribution in [0.4, 0.5) is 0 Å². The molecule has 0 spiro atoms. The quantitative estimate of drug-likeness (QED) is 0.624. The highest BCUT2D eigenvalue weighted by Gasteiger charge is 2.21. The molecule has 1 rings (SSSR count). The summed E-state index contributed by atoms with van der Waals surface area (Å²) in [5.74, 6) is 0.121. The topological polar surface area (TPSA) is 50.8 Å². The van der Waals surface area contributed by atoms with Crippen molar-refractivity contribution in [1.29, 1.82) is 0 Å². The molecule has 1 amide bonds. The second-order valence-corrected chi connectivity index (χ2v) is 6.01. The van der Waals surface area contributed by atoms with Gasteiger partial charge in [-0.05, 0) is 6.42 Å². The molecule has 1 aliphatic rings. The zero-order valence-corrected chi connectivity index (χ0v) is 13.9. The number of nitrogens with zero attached hydrogens (tertiary/aromatic N) is 1. The van der Waals surface area contributed by atoms with Crippen LogP contribution in [0.3, 0.4) is 0 Å². The molecule has 5 heteroatoms. The Labute approximate surface area is 129 Å². The van der Waals surface area contributed by atoms with Crippen LogP contribution in [0.15, 0.2) is 0 Å². The Hall–Kier alpha value is -0.650. The molecule has 1 heterocycles. The van der Waals surface area contributed by atoms with Crippen molar-refractivity contribution >= 4 is 5.91 Å². The van der Waals surface area contributed by atoms with Gasteiger partial charge in [0, 0.05) is 38.7 Å².